The lowest BCUT2D eigenvalue weighted by atomic mass is 10.0. The molecular weight excluding hydrogens is 390 g/mol. The van der Waals surface area contributed by atoms with E-state index >= 15 is 0 Å². The summed E-state index contributed by atoms with van der Waals surface area (Å²) in [7, 11) is 0. The SMILES string of the molecule is CCOC(=O)N1CCC(N2C(=O)c3ccccc3C2Nc2ccccc2Cl)CC1. The number of halogens is 1. The van der Waals surface area contributed by atoms with E-state index < -0.39 is 0 Å². The highest BCUT2D eigenvalue weighted by Crippen LogP contribution is 2.39. The molecule has 1 N–H and O–H groups in total. The van der Waals surface area contributed by atoms with Gasteiger partial charge in [-0.05, 0) is 38.0 Å². The number of nitrogens with zero attached hydrogens (tertiary/aromatic N) is 2. The Morgan fingerprint density at radius 3 is 2.55 bits per heavy atom. The van der Waals surface area contributed by atoms with Crippen LogP contribution in [0.4, 0.5) is 10.5 Å². The fraction of sp³-hybridized carbons (Fsp3) is 0.364. The van der Waals surface area contributed by atoms with Crippen molar-refractivity contribution >= 4 is 29.3 Å². The van der Waals surface area contributed by atoms with Crippen LogP contribution < -0.4 is 5.32 Å². The molecule has 2 aliphatic rings. The quantitative estimate of drug-likeness (QED) is 0.800. The number of nitrogens with one attached hydrogen (secondary N) is 1. The monoisotopic (exact) mass is 413 g/mol. The molecule has 4 rings (SSSR count). The van der Waals surface area contributed by atoms with Gasteiger partial charge in [0, 0.05) is 30.3 Å². The first-order valence-corrected chi connectivity index (χ1v) is 10.3. The van der Waals surface area contributed by atoms with Crippen LogP contribution in [-0.2, 0) is 4.74 Å². The van der Waals surface area contributed by atoms with Crippen molar-refractivity contribution in [3.63, 3.8) is 0 Å². The number of piperidine rings is 1. The van der Waals surface area contributed by atoms with Crippen LogP contribution in [0, 0.1) is 0 Å². The summed E-state index contributed by atoms with van der Waals surface area (Å²) < 4.78 is 5.11. The van der Waals surface area contributed by atoms with Crippen LogP contribution in [0.2, 0.25) is 5.02 Å². The molecule has 29 heavy (non-hydrogen) atoms. The maximum absolute atomic E-state index is 13.2. The first-order valence-electron chi connectivity index (χ1n) is 9.94. The number of anilines is 1. The number of fused-ring (bicyclic) bond motifs is 1. The van der Waals surface area contributed by atoms with E-state index in [0.717, 1.165) is 11.3 Å². The van der Waals surface area contributed by atoms with Crippen molar-refractivity contribution in [1.82, 2.24) is 9.80 Å². The van der Waals surface area contributed by atoms with E-state index in [2.05, 4.69) is 5.32 Å². The van der Waals surface area contributed by atoms with Gasteiger partial charge in [0.2, 0.25) is 0 Å². The molecule has 1 saturated heterocycles. The van der Waals surface area contributed by atoms with Crippen LogP contribution in [0.25, 0.3) is 0 Å². The van der Waals surface area contributed by atoms with Gasteiger partial charge in [-0.15, -0.1) is 0 Å². The van der Waals surface area contributed by atoms with Crippen LogP contribution in [0.5, 0.6) is 0 Å². The Labute approximate surface area is 175 Å². The van der Waals surface area contributed by atoms with E-state index in [1.54, 1.807) is 11.8 Å². The molecule has 1 fully saturated rings. The smallest absolute Gasteiger partial charge is 0.409 e. The molecule has 2 aliphatic heterocycles. The minimum Gasteiger partial charge on any atom is -0.450 e. The third-order valence-electron chi connectivity index (χ3n) is 5.55. The fourth-order valence-electron chi connectivity index (χ4n) is 4.13. The van der Waals surface area contributed by atoms with Crippen LogP contribution in [-0.4, -0.2) is 47.5 Å². The Morgan fingerprint density at radius 2 is 1.83 bits per heavy atom. The summed E-state index contributed by atoms with van der Waals surface area (Å²) in [5, 5.41) is 4.08. The second-order valence-electron chi connectivity index (χ2n) is 7.24. The molecule has 1 atom stereocenters. The van der Waals surface area contributed by atoms with E-state index in [1.165, 1.54) is 0 Å². The molecule has 6 nitrogen and oxygen atoms in total. The molecule has 0 aliphatic carbocycles. The van der Waals surface area contributed by atoms with Gasteiger partial charge in [0.1, 0.15) is 6.17 Å². The molecule has 1 unspecified atom stereocenters. The standard InChI is InChI=1S/C22H24ClN3O3/c1-2-29-22(28)25-13-11-15(12-14-25)26-20(24-19-10-6-5-9-18(19)23)16-7-3-4-8-17(16)21(26)27/h3-10,15,20,24H,2,11-14H2,1H3. The van der Waals surface area contributed by atoms with Gasteiger partial charge in [-0.25, -0.2) is 4.79 Å². The van der Waals surface area contributed by atoms with Gasteiger partial charge in [-0.2, -0.15) is 0 Å². The van der Waals surface area contributed by atoms with Gasteiger partial charge < -0.3 is 19.9 Å². The summed E-state index contributed by atoms with van der Waals surface area (Å²) >= 11 is 6.36. The predicted molar refractivity (Wildman–Crippen MR) is 112 cm³/mol. The zero-order chi connectivity index (χ0) is 20.4. The molecule has 7 heteroatoms. The van der Waals surface area contributed by atoms with Gasteiger partial charge in [-0.3, -0.25) is 4.79 Å². The number of rotatable bonds is 4. The predicted octanol–water partition coefficient (Wildman–Crippen LogP) is 4.53. The van der Waals surface area contributed by atoms with Gasteiger partial charge in [0.15, 0.2) is 0 Å². The maximum atomic E-state index is 13.2. The zero-order valence-electron chi connectivity index (χ0n) is 16.3. The number of hydrogen-bond acceptors (Lipinski definition) is 4. The van der Waals surface area contributed by atoms with E-state index in [0.29, 0.717) is 43.1 Å². The second kappa shape index (κ2) is 8.33. The molecule has 0 bridgehead atoms. The number of hydrogen-bond donors (Lipinski definition) is 1. The Balaban J connectivity index is 1.57. The third-order valence-corrected chi connectivity index (χ3v) is 5.88. The van der Waals surface area contributed by atoms with E-state index in [9.17, 15) is 9.59 Å². The van der Waals surface area contributed by atoms with Crippen molar-refractivity contribution in [3.05, 3.63) is 64.7 Å². The molecule has 2 amide bonds. The van der Waals surface area contributed by atoms with Gasteiger partial charge in [0.25, 0.3) is 5.91 Å². The number of para-hydroxylation sites is 1. The second-order valence-corrected chi connectivity index (χ2v) is 7.65. The lowest BCUT2D eigenvalue weighted by Gasteiger charge is -2.39. The number of carbonyl (C=O) groups is 2. The molecule has 2 aromatic rings. The minimum atomic E-state index is -0.294. The van der Waals surface area contributed by atoms with Crippen LogP contribution >= 0.6 is 11.6 Å². The number of amides is 2. The van der Waals surface area contributed by atoms with Crippen molar-refractivity contribution in [1.29, 1.82) is 0 Å². The normalized spacial score (nSPS) is 19.2. The number of benzene rings is 2. The lowest BCUT2D eigenvalue weighted by molar-refractivity contribution is 0.0496. The van der Waals surface area contributed by atoms with Gasteiger partial charge in [-0.1, -0.05) is 41.9 Å². The topological polar surface area (TPSA) is 61.9 Å². The van der Waals surface area contributed by atoms with E-state index in [1.807, 2.05) is 53.4 Å². The Kier molecular flexibility index (Phi) is 5.62. The van der Waals surface area contributed by atoms with Crippen molar-refractivity contribution in [3.8, 4) is 0 Å². The van der Waals surface area contributed by atoms with Gasteiger partial charge >= 0.3 is 6.09 Å². The summed E-state index contributed by atoms with van der Waals surface area (Å²) in [5.41, 5.74) is 2.45. The van der Waals surface area contributed by atoms with Crippen molar-refractivity contribution in [2.24, 2.45) is 0 Å². The average molecular weight is 414 g/mol. The Bertz CT molecular complexity index is 912. The molecule has 0 saturated carbocycles. The minimum absolute atomic E-state index is 0.0136. The highest BCUT2D eigenvalue weighted by molar-refractivity contribution is 6.33. The summed E-state index contributed by atoms with van der Waals surface area (Å²) in [6.45, 7) is 3.31. The van der Waals surface area contributed by atoms with Crippen molar-refractivity contribution < 1.29 is 14.3 Å². The van der Waals surface area contributed by atoms with Crippen molar-refractivity contribution in [2.75, 3.05) is 25.0 Å². The molecule has 2 heterocycles. The largest absolute Gasteiger partial charge is 0.450 e. The highest BCUT2D eigenvalue weighted by atomic mass is 35.5. The van der Waals surface area contributed by atoms with E-state index in [-0.39, 0.29) is 24.2 Å². The van der Waals surface area contributed by atoms with Crippen LogP contribution in [0.15, 0.2) is 48.5 Å². The first kappa shape index (κ1) is 19.6. The molecule has 0 aromatic heterocycles. The summed E-state index contributed by atoms with van der Waals surface area (Å²) in [4.78, 5) is 28.9. The van der Waals surface area contributed by atoms with Crippen LogP contribution in [0.3, 0.4) is 0 Å². The lowest BCUT2D eigenvalue weighted by Crippen LogP contribution is -2.49. The number of ether oxygens (including phenoxy) is 1. The van der Waals surface area contributed by atoms with Crippen LogP contribution in [0.1, 0.15) is 41.9 Å². The summed E-state index contributed by atoms with van der Waals surface area (Å²) in [6.07, 6.45) is 0.837. The summed E-state index contributed by atoms with van der Waals surface area (Å²) in [5.74, 6) is 0.0136. The molecule has 0 spiro atoms. The third kappa shape index (κ3) is 3.77. The molecule has 152 valence electrons. The molecule has 2 aromatic carbocycles. The van der Waals surface area contributed by atoms with Crippen molar-refractivity contribution in [2.45, 2.75) is 32.0 Å². The summed E-state index contributed by atoms with van der Waals surface area (Å²) in [6, 6.07) is 15.2. The van der Waals surface area contributed by atoms with E-state index in [4.69, 9.17) is 16.3 Å². The zero-order valence-corrected chi connectivity index (χ0v) is 17.1. The van der Waals surface area contributed by atoms with Gasteiger partial charge in [0.05, 0.1) is 17.3 Å². The fourth-order valence-corrected chi connectivity index (χ4v) is 4.32. The number of carbonyl (C=O) groups excluding carboxylic acids is 2. The Morgan fingerprint density at radius 1 is 1.14 bits per heavy atom. The highest BCUT2D eigenvalue weighted by Gasteiger charge is 2.42. The molecule has 0 radical (unpaired) electrons. The number of likely N-dealkylation sites (tertiary alicyclic amines) is 1. The maximum Gasteiger partial charge on any atom is 0.409 e. The molecular formula is C22H24ClN3O3. The first-order chi connectivity index (χ1) is 14.1. The average Bonchev–Trinajstić information content (AvgIpc) is 3.02. The Hall–Kier alpha value is -2.73.